The molecule has 2 N–H and O–H groups in total. The van der Waals surface area contributed by atoms with Crippen LogP contribution in [-0.4, -0.2) is 23.9 Å². The molecule has 0 atom stereocenters. The van der Waals surface area contributed by atoms with Crippen molar-refractivity contribution >= 4 is 33.2 Å². The minimum absolute atomic E-state index is 0.0239. The maximum absolute atomic E-state index is 11.3. The van der Waals surface area contributed by atoms with Gasteiger partial charge in [0, 0.05) is 22.3 Å². The number of anilines is 1. The zero-order valence-corrected chi connectivity index (χ0v) is 10.9. The van der Waals surface area contributed by atoms with Gasteiger partial charge in [0.15, 0.2) is 0 Å². The lowest BCUT2D eigenvalue weighted by Crippen LogP contribution is -2.30. The van der Waals surface area contributed by atoms with Gasteiger partial charge in [0.1, 0.15) is 0 Å². The van der Waals surface area contributed by atoms with Gasteiger partial charge in [0.2, 0.25) is 5.91 Å². The first kappa shape index (κ1) is 14.0. The lowest BCUT2D eigenvalue weighted by molar-refractivity contribution is -0.384. The first-order chi connectivity index (χ1) is 8.54. The van der Waals surface area contributed by atoms with E-state index in [1.54, 1.807) is 0 Å². The molecule has 0 saturated heterocycles. The number of nitro benzene ring substituents is 1. The Bertz CT molecular complexity index is 511. The molecule has 0 aromatic heterocycles. The zero-order chi connectivity index (χ0) is 13.5. The van der Waals surface area contributed by atoms with Crippen molar-refractivity contribution in [2.24, 2.45) is 0 Å². The van der Waals surface area contributed by atoms with Crippen molar-refractivity contribution in [2.45, 2.75) is 0 Å². The lowest BCUT2D eigenvalue weighted by Gasteiger charge is -2.07. The molecular formula is C11H10BrN3O3. The number of terminal acetylenes is 1. The van der Waals surface area contributed by atoms with E-state index in [4.69, 9.17) is 6.42 Å². The van der Waals surface area contributed by atoms with Gasteiger partial charge >= 0.3 is 0 Å². The molecule has 0 unspecified atom stereocenters. The monoisotopic (exact) mass is 311 g/mol. The van der Waals surface area contributed by atoms with Crippen molar-refractivity contribution in [1.29, 1.82) is 0 Å². The summed E-state index contributed by atoms with van der Waals surface area (Å²) in [5, 5.41) is 15.9. The van der Waals surface area contributed by atoms with E-state index in [2.05, 4.69) is 32.5 Å². The van der Waals surface area contributed by atoms with Crippen molar-refractivity contribution in [1.82, 2.24) is 5.32 Å². The number of amides is 1. The molecule has 0 fully saturated rings. The van der Waals surface area contributed by atoms with E-state index in [9.17, 15) is 14.9 Å². The molecule has 0 aliphatic rings. The molecule has 94 valence electrons. The smallest absolute Gasteiger partial charge is 0.270 e. The van der Waals surface area contributed by atoms with Crippen molar-refractivity contribution in [3.8, 4) is 12.3 Å². The number of benzene rings is 1. The number of carbonyl (C=O) groups is 1. The fourth-order valence-electron chi connectivity index (χ4n) is 1.15. The molecule has 1 amide bonds. The van der Waals surface area contributed by atoms with Gasteiger partial charge in [-0.1, -0.05) is 5.92 Å². The summed E-state index contributed by atoms with van der Waals surface area (Å²) < 4.78 is 0.515. The number of non-ortho nitro benzene ring substituents is 1. The van der Waals surface area contributed by atoms with Crippen molar-refractivity contribution in [2.75, 3.05) is 18.4 Å². The summed E-state index contributed by atoms with van der Waals surface area (Å²) >= 11 is 3.19. The molecule has 0 aliphatic heterocycles. The van der Waals surface area contributed by atoms with Gasteiger partial charge in [-0.3, -0.25) is 14.9 Å². The second-order valence-electron chi connectivity index (χ2n) is 3.26. The molecule has 0 aliphatic carbocycles. The molecule has 7 heteroatoms. The van der Waals surface area contributed by atoms with Gasteiger partial charge in [-0.2, -0.15) is 0 Å². The number of nitro groups is 1. The summed E-state index contributed by atoms with van der Waals surface area (Å²) in [6.45, 7) is 0.208. The van der Waals surface area contributed by atoms with Crippen molar-refractivity contribution in [3.05, 3.63) is 32.8 Å². The molecule has 6 nitrogen and oxygen atoms in total. The Labute approximate surface area is 112 Å². The van der Waals surface area contributed by atoms with Crippen molar-refractivity contribution in [3.63, 3.8) is 0 Å². The molecule has 1 aromatic rings. The highest BCUT2D eigenvalue weighted by Crippen LogP contribution is 2.26. The Hall–Kier alpha value is -2.07. The van der Waals surface area contributed by atoms with E-state index in [1.165, 1.54) is 18.2 Å². The second kappa shape index (κ2) is 6.61. The normalized spacial score (nSPS) is 9.33. The van der Waals surface area contributed by atoms with Crippen LogP contribution in [0.15, 0.2) is 22.7 Å². The average molecular weight is 312 g/mol. The number of rotatable bonds is 5. The topological polar surface area (TPSA) is 84.3 Å². The predicted octanol–water partition coefficient (Wildman–Crippen LogP) is 1.52. The highest BCUT2D eigenvalue weighted by atomic mass is 79.9. The number of nitrogens with zero attached hydrogens (tertiary/aromatic N) is 1. The second-order valence-corrected chi connectivity index (χ2v) is 4.11. The molecule has 0 radical (unpaired) electrons. The van der Waals surface area contributed by atoms with Gasteiger partial charge < -0.3 is 10.6 Å². The molecular weight excluding hydrogens is 302 g/mol. The van der Waals surface area contributed by atoms with Gasteiger partial charge in [-0.15, -0.1) is 6.42 Å². The van der Waals surface area contributed by atoms with Crippen LogP contribution in [0.4, 0.5) is 11.4 Å². The number of carbonyl (C=O) groups excluding carboxylic acids is 1. The molecule has 0 heterocycles. The molecule has 0 saturated carbocycles. The minimum atomic E-state index is -0.492. The Kier molecular flexibility index (Phi) is 5.14. The fraction of sp³-hybridized carbons (Fsp3) is 0.182. The van der Waals surface area contributed by atoms with E-state index in [0.717, 1.165) is 0 Å². The summed E-state index contributed by atoms with van der Waals surface area (Å²) in [5.41, 5.74) is 0.570. The van der Waals surface area contributed by atoms with E-state index in [1.807, 2.05) is 0 Å². The molecule has 0 spiro atoms. The SMILES string of the molecule is C#CCNC(=O)CNc1ccc([N+](=O)[O-])cc1Br. The number of halogens is 1. The van der Waals surface area contributed by atoms with Crippen LogP contribution in [-0.2, 0) is 4.79 Å². The van der Waals surface area contributed by atoms with Crippen LogP contribution in [0, 0.1) is 22.5 Å². The number of hydrogen-bond acceptors (Lipinski definition) is 4. The van der Waals surface area contributed by atoms with Gasteiger partial charge in [0.25, 0.3) is 5.69 Å². The Morgan fingerprint density at radius 1 is 1.56 bits per heavy atom. The van der Waals surface area contributed by atoms with Crippen LogP contribution >= 0.6 is 15.9 Å². The Balaban J connectivity index is 2.61. The van der Waals surface area contributed by atoms with Gasteiger partial charge in [0.05, 0.1) is 18.0 Å². The summed E-state index contributed by atoms with van der Waals surface area (Å²) in [6, 6.07) is 4.24. The van der Waals surface area contributed by atoms with E-state index in [-0.39, 0.29) is 24.7 Å². The van der Waals surface area contributed by atoms with Gasteiger partial charge in [-0.25, -0.2) is 0 Å². The van der Waals surface area contributed by atoms with Crippen LogP contribution in [0.3, 0.4) is 0 Å². The standard InChI is InChI=1S/C11H10BrN3O3/c1-2-5-13-11(16)7-14-10-4-3-8(15(17)18)6-9(10)12/h1,3-4,6,14H,5,7H2,(H,13,16). The maximum Gasteiger partial charge on any atom is 0.270 e. The number of hydrogen-bond donors (Lipinski definition) is 2. The van der Waals surface area contributed by atoms with Crippen LogP contribution in [0.1, 0.15) is 0 Å². The summed E-state index contributed by atoms with van der Waals surface area (Å²) in [5.74, 6) is 2.03. The van der Waals surface area contributed by atoms with Gasteiger partial charge in [-0.05, 0) is 22.0 Å². The van der Waals surface area contributed by atoms with Crippen LogP contribution in [0.2, 0.25) is 0 Å². The highest BCUT2D eigenvalue weighted by Gasteiger charge is 2.09. The maximum atomic E-state index is 11.3. The quantitative estimate of drug-likeness (QED) is 0.490. The van der Waals surface area contributed by atoms with Crippen LogP contribution < -0.4 is 10.6 Å². The van der Waals surface area contributed by atoms with Crippen molar-refractivity contribution < 1.29 is 9.72 Å². The largest absolute Gasteiger partial charge is 0.375 e. The summed E-state index contributed by atoms with van der Waals surface area (Å²) in [7, 11) is 0. The zero-order valence-electron chi connectivity index (χ0n) is 9.27. The van der Waals surface area contributed by atoms with Crippen LogP contribution in [0.25, 0.3) is 0 Å². The molecule has 18 heavy (non-hydrogen) atoms. The van der Waals surface area contributed by atoms with E-state index >= 15 is 0 Å². The Morgan fingerprint density at radius 3 is 2.83 bits per heavy atom. The first-order valence-corrected chi connectivity index (χ1v) is 5.72. The third-order valence-corrected chi connectivity index (χ3v) is 2.65. The lowest BCUT2D eigenvalue weighted by atomic mass is 10.3. The predicted molar refractivity (Wildman–Crippen MR) is 71.1 cm³/mol. The summed E-state index contributed by atoms with van der Waals surface area (Å²) in [4.78, 5) is 21.3. The molecule has 1 aromatic carbocycles. The first-order valence-electron chi connectivity index (χ1n) is 4.92. The van der Waals surface area contributed by atoms with E-state index < -0.39 is 4.92 Å². The minimum Gasteiger partial charge on any atom is -0.375 e. The third kappa shape index (κ3) is 4.07. The average Bonchev–Trinajstić information content (AvgIpc) is 2.34. The highest BCUT2D eigenvalue weighted by molar-refractivity contribution is 9.10. The fourth-order valence-corrected chi connectivity index (χ4v) is 1.66. The molecule has 0 bridgehead atoms. The molecule has 1 rings (SSSR count). The van der Waals surface area contributed by atoms with E-state index in [0.29, 0.717) is 10.2 Å². The third-order valence-electron chi connectivity index (χ3n) is 1.99. The van der Waals surface area contributed by atoms with Crippen LogP contribution in [0.5, 0.6) is 0 Å². The summed E-state index contributed by atoms with van der Waals surface area (Å²) in [6.07, 6.45) is 5.00. The Morgan fingerprint density at radius 2 is 2.28 bits per heavy atom. The number of nitrogens with one attached hydrogen (secondary N) is 2.